The molecule has 0 amide bonds. The fourth-order valence-corrected chi connectivity index (χ4v) is 1.38. The number of ketones is 1. The summed E-state index contributed by atoms with van der Waals surface area (Å²) in [5, 5.41) is 0. The zero-order valence-electron chi connectivity index (χ0n) is 13.4. The number of ether oxygens (including phenoxy) is 3. The molecular formula is C15H24O7. The van der Waals surface area contributed by atoms with Crippen molar-refractivity contribution in [2.75, 3.05) is 13.2 Å². The molecule has 0 saturated carbocycles. The molecule has 0 fully saturated rings. The van der Waals surface area contributed by atoms with Crippen LogP contribution in [0.15, 0.2) is 0 Å². The van der Waals surface area contributed by atoms with Gasteiger partial charge in [-0.15, -0.1) is 0 Å². The van der Waals surface area contributed by atoms with Gasteiger partial charge in [0.2, 0.25) is 0 Å². The van der Waals surface area contributed by atoms with Gasteiger partial charge in [-0.1, -0.05) is 33.6 Å². The number of hydrogen-bond donors (Lipinski definition) is 0. The molecule has 0 aromatic rings. The third-order valence-electron chi connectivity index (χ3n) is 2.73. The monoisotopic (exact) mass is 316 g/mol. The quantitative estimate of drug-likeness (QED) is 0.261. The summed E-state index contributed by atoms with van der Waals surface area (Å²) in [5.74, 6) is -3.58. The van der Waals surface area contributed by atoms with Crippen molar-refractivity contribution in [1.29, 1.82) is 0 Å². The minimum Gasteiger partial charge on any atom is -0.463 e. The molecule has 126 valence electrons. The van der Waals surface area contributed by atoms with Gasteiger partial charge < -0.3 is 14.2 Å². The standard InChI is InChI=1S/C15H24O7/c1-4-7-9-20-13(17)12(8-5-2)22-15(19)14(18)21-10-11(16)6-3/h12H,4-10H2,1-3H3. The summed E-state index contributed by atoms with van der Waals surface area (Å²) < 4.78 is 14.3. The molecular weight excluding hydrogens is 292 g/mol. The third kappa shape index (κ3) is 8.39. The Labute approximate surface area is 130 Å². The van der Waals surface area contributed by atoms with Crippen LogP contribution in [0.2, 0.25) is 0 Å². The lowest BCUT2D eigenvalue weighted by atomic mass is 10.2. The molecule has 0 N–H and O–H groups in total. The lowest BCUT2D eigenvalue weighted by molar-refractivity contribution is -0.178. The van der Waals surface area contributed by atoms with Crippen LogP contribution in [0.1, 0.15) is 52.9 Å². The van der Waals surface area contributed by atoms with Gasteiger partial charge in [-0.25, -0.2) is 14.4 Å². The van der Waals surface area contributed by atoms with Gasteiger partial charge in [-0.2, -0.15) is 0 Å². The largest absolute Gasteiger partial charge is 0.463 e. The maximum atomic E-state index is 11.8. The van der Waals surface area contributed by atoms with Crippen molar-refractivity contribution in [2.24, 2.45) is 0 Å². The number of rotatable bonds is 10. The van der Waals surface area contributed by atoms with Crippen molar-refractivity contribution >= 4 is 23.7 Å². The van der Waals surface area contributed by atoms with Gasteiger partial charge in [0.25, 0.3) is 0 Å². The van der Waals surface area contributed by atoms with E-state index in [0.29, 0.717) is 12.8 Å². The van der Waals surface area contributed by atoms with Crippen molar-refractivity contribution in [3.63, 3.8) is 0 Å². The van der Waals surface area contributed by atoms with Crippen molar-refractivity contribution < 1.29 is 33.4 Å². The Morgan fingerprint density at radius 1 is 0.909 bits per heavy atom. The van der Waals surface area contributed by atoms with Crippen LogP contribution in [-0.4, -0.2) is 43.0 Å². The minimum absolute atomic E-state index is 0.199. The molecule has 0 aromatic carbocycles. The van der Waals surface area contributed by atoms with Crippen LogP contribution in [0.4, 0.5) is 0 Å². The number of hydrogen-bond acceptors (Lipinski definition) is 7. The molecule has 22 heavy (non-hydrogen) atoms. The molecule has 0 saturated heterocycles. The SMILES string of the molecule is CCCCOC(=O)C(CCC)OC(=O)C(=O)OCC(=O)CC. The van der Waals surface area contributed by atoms with Crippen LogP contribution < -0.4 is 0 Å². The zero-order chi connectivity index (χ0) is 17.0. The summed E-state index contributed by atoms with van der Waals surface area (Å²) in [4.78, 5) is 45.7. The Morgan fingerprint density at radius 2 is 1.59 bits per heavy atom. The van der Waals surface area contributed by atoms with Gasteiger partial charge in [0.05, 0.1) is 6.61 Å². The van der Waals surface area contributed by atoms with E-state index in [0.717, 1.165) is 6.42 Å². The normalized spacial score (nSPS) is 11.4. The zero-order valence-corrected chi connectivity index (χ0v) is 13.4. The van der Waals surface area contributed by atoms with E-state index in [4.69, 9.17) is 9.47 Å². The molecule has 0 rings (SSSR count). The lowest BCUT2D eigenvalue weighted by Gasteiger charge is -2.15. The van der Waals surface area contributed by atoms with E-state index in [2.05, 4.69) is 4.74 Å². The first-order valence-electron chi connectivity index (χ1n) is 7.52. The molecule has 0 aliphatic heterocycles. The Bertz CT molecular complexity index is 389. The number of unbranched alkanes of at least 4 members (excludes halogenated alkanes) is 1. The second kappa shape index (κ2) is 11.7. The molecule has 0 heterocycles. The second-order valence-corrected chi connectivity index (χ2v) is 4.67. The van der Waals surface area contributed by atoms with Crippen LogP contribution in [-0.2, 0) is 33.4 Å². The molecule has 1 unspecified atom stereocenters. The molecule has 0 bridgehead atoms. The Morgan fingerprint density at radius 3 is 2.14 bits per heavy atom. The highest BCUT2D eigenvalue weighted by atomic mass is 16.6. The average molecular weight is 316 g/mol. The maximum Gasteiger partial charge on any atom is 0.418 e. The van der Waals surface area contributed by atoms with Gasteiger partial charge in [-0.05, 0) is 12.8 Å². The highest BCUT2D eigenvalue weighted by Gasteiger charge is 2.28. The number of carbonyl (C=O) groups is 4. The smallest absolute Gasteiger partial charge is 0.418 e. The summed E-state index contributed by atoms with van der Waals surface area (Å²) in [5.41, 5.74) is 0. The molecule has 7 heteroatoms. The van der Waals surface area contributed by atoms with Crippen molar-refractivity contribution in [3.8, 4) is 0 Å². The highest BCUT2D eigenvalue weighted by Crippen LogP contribution is 2.07. The average Bonchev–Trinajstić information content (AvgIpc) is 2.51. The molecule has 0 aromatic heterocycles. The molecule has 0 aliphatic carbocycles. The predicted octanol–water partition coefficient (Wildman–Crippen LogP) is 1.56. The fourth-order valence-electron chi connectivity index (χ4n) is 1.38. The topological polar surface area (TPSA) is 96.0 Å². The van der Waals surface area contributed by atoms with Crippen LogP contribution in [0.5, 0.6) is 0 Å². The van der Waals surface area contributed by atoms with Crippen LogP contribution in [0.25, 0.3) is 0 Å². The van der Waals surface area contributed by atoms with E-state index >= 15 is 0 Å². The maximum absolute atomic E-state index is 11.8. The van der Waals surface area contributed by atoms with Gasteiger partial charge in [0.1, 0.15) is 0 Å². The van der Waals surface area contributed by atoms with Crippen LogP contribution >= 0.6 is 0 Å². The van der Waals surface area contributed by atoms with Crippen molar-refractivity contribution in [1.82, 2.24) is 0 Å². The first-order valence-corrected chi connectivity index (χ1v) is 7.52. The summed E-state index contributed by atoms with van der Waals surface area (Å²) in [7, 11) is 0. The summed E-state index contributed by atoms with van der Waals surface area (Å²) in [6, 6.07) is 0. The minimum atomic E-state index is -1.30. The fraction of sp³-hybridized carbons (Fsp3) is 0.733. The Kier molecular flexibility index (Phi) is 10.7. The van der Waals surface area contributed by atoms with Crippen LogP contribution in [0, 0.1) is 0 Å². The molecule has 0 spiro atoms. The van der Waals surface area contributed by atoms with E-state index in [1.807, 2.05) is 6.92 Å². The number of esters is 3. The Balaban J connectivity index is 4.40. The molecule has 0 radical (unpaired) electrons. The molecule has 7 nitrogen and oxygen atoms in total. The molecule has 1 atom stereocenters. The highest BCUT2D eigenvalue weighted by molar-refractivity contribution is 6.30. The van der Waals surface area contributed by atoms with E-state index in [1.54, 1.807) is 13.8 Å². The van der Waals surface area contributed by atoms with E-state index in [1.165, 1.54) is 0 Å². The summed E-state index contributed by atoms with van der Waals surface area (Å²) in [6.07, 6.45) is 1.46. The van der Waals surface area contributed by atoms with E-state index < -0.39 is 30.6 Å². The first-order chi connectivity index (χ1) is 10.5. The van der Waals surface area contributed by atoms with Crippen LogP contribution in [0.3, 0.4) is 0 Å². The number of carbonyl (C=O) groups excluding carboxylic acids is 4. The van der Waals surface area contributed by atoms with Gasteiger partial charge >= 0.3 is 17.9 Å². The predicted molar refractivity (Wildman–Crippen MR) is 76.9 cm³/mol. The Hall–Kier alpha value is -1.92. The van der Waals surface area contributed by atoms with Gasteiger partial charge in [0, 0.05) is 6.42 Å². The van der Waals surface area contributed by atoms with E-state index in [-0.39, 0.29) is 25.2 Å². The van der Waals surface area contributed by atoms with Crippen molar-refractivity contribution in [3.05, 3.63) is 0 Å². The second-order valence-electron chi connectivity index (χ2n) is 4.67. The molecule has 0 aliphatic rings. The summed E-state index contributed by atoms with van der Waals surface area (Å²) >= 11 is 0. The third-order valence-corrected chi connectivity index (χ3v) is 2.73. The lowest BCUT2D eigenvalue weighted by Crippen LogP contribution is -2.33. The van der Waals surface area contributed by atoms with Gasteiger partial charge in [-0.3, -0.25) is 4.79 Å². The first kappa shape index (κ1) is 20.1. The van der Waals surface area contributed by atoms with Gasteiger partial charge in [0.15, 0.2) is 18.5 Å². The summed E-state index contributed by atoms with van der Waals surface area (Å²) in [6.45, 7) is 5.12. The van der Waals surface area contributed by atoms with E-state index in [9.17, 15) is 19.2 Å². The van der Waals surface area contributed by atoms with Crippen molar-refractivity contribution in [2.45, 2.75) is 59.0 Å². The number of Topliss-reactive ketones (excluding diaryl/α,β-unsaturated/α-hetero) is 1.